The second-order valence-corrected chi connectivity index (χ2v) is 9.95. The molecule has 2 aromatic heterocycles. The maximum atomic E-state index is 13.4. The molecule has 0 amide bonds. The van der Waals surface area contributed by atoms with Gasteiger partial charge in [-0.2, -0.15) is 4.98 Å². The Bertz CT molecular complexity index is 1320. The van der Waals surface area contributed by atoms with Crippen LogP contribution in [-0.4, -0.2) is 25.6 Å². The van der Waals surface area contributed by atoms with Gasteiger partial charge in [-0.1, -0.05) is 35.5 Å². The van der Waals surface area contributed by atoms with Gasteiger partial charge in [-0.25, -0.2) is 8.42 Å². The number of rotatable bonds is 5. The molecule has 6 nitrogen and oxygen atoms in total. The Morgan fingerprint density at radius 3 is 2.47 bits per heavy atom. The lowest BCUT2D eigenvalue weighted by Gasteiger charge is -2.20. The van der Waals surface area contributed by atoms with Crippen LogP contribution in [0.15, 0.2) is 63.3 Å². The number of thiophene rings is 1. The van der Waals surface area contributed by atoms with Crippen molar-refractivity contribution < 1.29 is 12.9 Å². The van der Waals surface area contributed by atoms with Crippen molar-refractivity contribution in [1.82, 2.24) is 10.1 Å². The van der Waals surface area contributed by atoms with Gasteiger partial charge in [0.1, 0.15) is 9.77 Å². The molecule has 8 heteroatoms. The molecule has 154 valence electrons. The number of hydrogen-bond donors (Lipinski definition) is 0. The minimum Gasteiger partial charge on any atom is -0.333 e. The van der Waals surface area contributed by atoms with Crippen LogP contribution in [0, 0.1) is 20.8 Å². The summed E-state index contributed by atoms with van der Waals surface area (Å²) in [5.74, 6) is 0.623. The molecule has 0 aliphatic carbocycles. The zero-order valence-corrected chi connectivity index (χ0v) is 18.7. The molecule has 0 fully saturated rings. The van der Waals surface area contributed by atoms with Crippen LogP contribution >= 0.6 is 11.3 Å². The van der Waals surface area contributed by atoms with Crippen LogP contribution in [0.5, 0.6) is 0 Å². The van der Waals surface area contributed by atoms with E-state index in [0.29, 0.717) is 16.4 Å². The molecule has 4 rings (SSSR count). The van der Waals surface area contributed by atoms with Crippen molar-refractivity contribution >= 4 is 27.0 Å². The molecule has 30 heavy (non-hydrogen) atoms. The van der Waals surface area contributed by atoms with E-state index in [4.69, 9.17) is 4.52 Å². The predicted molar refractivity (Wildman–Crippen MR) is 119 cm³/mol. The molecule has 0 spiro atoms. The quantitative estimate of drug-likeness (QED) is 0.426. The monoisotopic (exact) mass is 439 g/mol. The third-order valence-corrected chi connectivity index (χ3v) is 7.99. The molecule has 0 N–H and O–H groups in total. The summed E-state index contributed by atoms with van der Waals surface area (Å²) >= 11 is 1.26. The minimum absolute atomic E-state index is 0.146. The second kappa shape index (κ2) is 7.70. The first-order chi connectivity index (χ1) is 14.3. The Balaban J connectivity index is 1.73. The molecule has 0 saturated carbocycles. The molecule has 0 aliphatic heterocycles. The molecular weight excluding hydrogens is 418 g/mol. The standard InChI is InChI=1S/C22H21N3O3S2/c1-14-9-10-17(13-16(14)3)25(4)30(26,27)19-11-12-29-20(19)22-23-21(24-28-22)18-8-6-5-7-15(18)2/h5-13H,1-4H3. The third-order valence-electron chi connectivity index (χ3n) is 5.13. The highest BCUT2D eigenvalue weighted by atomic mass is 32.2. The summed E-state index contributed by atoms with van der Waals surface area (Å²) in [6.07, 6.45) is 0. The van der Waals surface area contributed by atoms with E-state index in [0.717, 1.165) is 22.3 Å². The van der Waals surface area contributed by atoms with Gasteiger partial charge in [0.25, 0.3) is 15.9 Å². The fourth-order valence-electron chi connectivity index (χ4n) is 3.11. The average molecular weight is 440 g/mol. The highest BCUT2D eigenvalue weighted by molar-refractivity contribution is 7.93. The topological polar surface area (TPSA) is 76.3 Å². The van der Waals surface area contributed by atoms with E-state index in [9.17, 15) is 8.42 Å². The molecule has 0 saturated heterocycles. The average Bonchev–Trinajstić information content (AvgIpc) is 3.39. The van der Waals surface area contributed by atoms with Crippen molar-refractivity contribution in [1.29, 1.82) is 0 Å². The summed E-state index contributed by atoms with van der Waals surface area (Å²) in [5, 5.41) is 5.78. The van der Waals surface area contributed by atoms with Gasteiger partial charge in [-0.05, 0) is 61.0 Å². The van der Waals surface area contributed by atoms with Crippen molar-refractivity contribution in [3.63, 3.8) is 0 Å². The first kappa shape index (κ1) is 20.3. The summed E-state index contributed by atoms with van der Waals surface area (Å²) in [7, 11) is -2.26. The van der Waals surface area contributed by atoms with Crippen LogP contribution in [0.3, 0.4) is 0 Å². The van der Waals surface area contributed by atoms with Crippen molar-refractivity contribution in [2.24, 2.45) is 0 Å². The number of hydrogen-bond acceptors (Lipinski definition) is 6. The molecule has 4 aromatic rings. The van der Waals surface area contributed by atoms with Gasteiger partial charge in [0.2, 0.25) is 5.82 Å². The summed E-state index contributed by atoms with van der Waals surface area (Å²) in [4.78, 5) is 5.04. The normalized spacial score (nSPS) is 11.6. The second-order valence-electron chi connectivity index (χ2n) is 7.09. The molecule has 2 heterocycles. The van der Waals surface area contributed by atoms with Crippen molar-refractivity contribution in [3.05, 3.63) is 70.6 Å². The van der Waals surface area contributed by atoms with Crippen LogP contribution in [0.4, 0.5) is 5.69 Å². The summed E-state index contributed by atoms with van der Waals surface area (Å²) < 4.78 is 33.4. The first-order valence-corrected chi connectivity index (χ1v) is 11.6. The van der Waals surface area contributed by atoms with Gasteiger partial charge in [0, 0.05) is 12.6 Å². The number of anilines is 1. The predicted octanol–water partition coefficient (Wildman–Crippen LogP) is 5.22. The molecule has 0 aliphatic rings. The Labute approximate surface area is 179 Å². The van der Waals surface area contributed by atoms with E-state index in [1.54, 1.807) is 24.6 Å². The molecule has 0 atom stereocenters. The summed E-state index contributed by atoms with van der Waals surface area (Å²) in [5.41, 5.74) is 4.59. The zero-order valence-electron chi connectivity index (χ0n) is 17.1. The van der Waals surface area contributed by atoms with Crippen molar-refractivity contribution in [2.75, 3.05) is 11.4 Å². The van der Waals surface area contributed by atoms with Crippen molar-refractivity contribution in [3.8, 4) is 22.2 Å². The number of benzene rings is 2. The van der Waals surface area contributed by atoms with E-state index in [2.05, 4.69) is 10.1 Å². The van der Waals surface area contributed by atoms with E-state index in [1.165, 1.54) is 15.6 Å². The lowest BCUT2D eigenvalue weighted by molar-refractivity contribution is 0.432. The summed E-state index contributed by atoms with van der Waals surface area (Å²) in [6, 6.07) is 14.9. The van der Waals surface area contributed by atoms with E-state index >= 15 is 0 Å². The van der Waals surface area contributed by atoms with Gasteiger partial charge in [-0.15, -0.1) is 11.3 Å². The smallest absolute Gasteiger partial charge is 0.269 e. The van der Waals surface area contributed by atoms with E-state index < -0.39 is 10.0 Å². The van der Waals surface area contributed by atoms with Gasteiger partial charge >= 0.3 is 0 Å². The lowest BCUT2D eigenvalue weighted by Crippen LogP contribution is -2.26. The van der Waals surface area contributed by atoms with Crippen LogP contribution in [0.1, 0.15) is 16.7 Å². The van der Waals surface area contributed by atoms with Crippen LogP contribution < -0.4 is 4.31 Å². The fourth-order valence-corrected chi connectivity index (χ4v) is 5.62. The Morgan fingerprint density at radius 2 is 1.73 bits per heavy atom. The van der Waals surface area contributed by atoms with Gasteiger partial charge in [-0.3, -0.25) is 4.31 Å². The van der Waals surface area contributed by atoms with Crippen LogP contribution in [-0.2, 0) is 10.0 Å². The summed E-state index contributed by atoms with van der Waals surface area (Å²) in [6.45, 7) is 5.91. The largest absolute Gasteiger partial charge is 0.333 e. The number of nitrogens with zero attached hydrogens (tertiary/aromatic N) is 3. The van der Waals surface area contributed by atoms with Gasteiger partial charge in [0.15, 0.2) is 0 Å². The molecule has 0 unspecified atom stereocenters. The number of sulfonamides is 1. The van der Waals surface area contributed by atoms with E-state index in [-0.39, 0.29) is 10.8 Å². The highest BCUT2D eigenvalue weighted by Crippen LogP contribution is 2.36. The molecule has 0 radical (unpaired) electrons. The molecule has 0 bridgehead atoms. The maximum absolute atomic E-state index is 13.4. The lowest BCUT2D eigenvalue weighted by atomic mass is 10.1. The Kier molecular flexibility index (Phi) is 5.21. The van der Waals surface area contributed by atoms with Crippen molar-refractivity contribution in [2.45, 2.75) is 25.7 Å². The third kappa shape index (κ3) is 3.53. The fraction of sp³-hybridized carbons (Fsp3) is 0.182. The van der Waals surface area contributed by atoms with Crippen LogP contribution in [0.2, 0.25) is 0 Å². The Hall–Kier alpha value is -2.97. The van der Waals surface area contributed by atoms with Gasteiger partial charge in [0.05, 0.1) is 5.69 Å². The zero-order chi connectivity index (χ0) is 21.5. The molecular formula is C22H21N3O3S2. The number of aryl methyl sites for hydroxylation is 3. The minimum atomic E-state index is -3.80. The van der Waals surface area contributed by atoms with E-state index in [1.807, 2.05) is 57.2 Å². The molecule has 2 aromatic carbocycles. The first-order valence-electron chi connectivity index (χ1n) is 9.33. The maximum Gasteiger partial charge on any atom is 0.269 e. The SMILES string of the molecule is Cc1ccc(N(C)S(=O)(=O)c2ccsc2-c2nc(-c3ccccc3C)no2)cc1C. The van der Waals surface area contributed by atoms with Gasteiger partial charge < -0.3 is 4.52 Å². The van der Waals surface area contributed by atoms with Crippen LogP contribution in [0.25, 0.3) is 22.2 Å². The Morgan fingerprint density at radius 1 is 0.967 bits per heavy atom. The number of aromatic nitrogens is 2. The highest BCUT2D eigenvalue weighted by Gasteiger charge is 2.29.